The van der Waals surface area contributed by atoms with E-state index >= 15 is 0 Å². The Morgan fingerprint density at radius 1 is 1.10 bits per heavy atom. The lowest BCUT2D eigenvalue weighted by Crippen LogP contribution is -2.30. The molecular formula is C14H24N4O2. The first-order chi connectivity index (χ1) is 9.69. The lowest BCUT2D eigenvalue weighted by atomic mass is 10.1. The maximum atomic E-state index is 11.7. The van der Waals surface area contributed by atoms with E-state index < -0.39 is 0 Å². The molecule has 0 saturated heterocycles. The van der Waals surface area contributed by atoms with Crippen LogP contribution in [-0.4, -0.2) is 55.9 Å². The number of likely N-dealkylation sites (N-methyl/N-ethyl adjacent to an activating group) is 2. The van der Waals surface area contributed by atoms with Gasteiger partial charge in [0.1, 0.15) is 11.5 Å². The monoisotopic (exact) mass is 280 g/mol. The summed E-state index contributed by atoms with van der Waals surface area (Å²) in [7, 11) is 0. The Bertz CT molecular complexity index is 413. The lowest BCUT2D eigenvalue weighted by molar-refractivity contribution is -0.109. The third-order valence-corrected chi connectivity index (χ3v) is 2.77. The van der Waals surface area contributed by atoms with E-state index in [9.17, 15) is 9.90 Å². The van der Waals surface area contributed by atoms with Crippen molar-refractivity contribution in [1.29, 1.82) is 0 Å². The lowest BCUT2D eigenvalue weighted by Gasteiger charge is -2.14. The van der Waals surface area contributed by atoms with Gasteiger partial charge in [0.05, 0.1) is 12.2 Å². The van der Waals surface area contributed by atoms with Crippen LogP contribution in [0.4, 0.5) is 0 Å². The van der Waals surface area contributed by atoms with Gasteiger partial charge >= 0.3 is 0 Å². The number of aliphatic hydroxyl groups is 1. The van der Waals surface area contributed by atoms with E-state index in [1.165, 1.54) is 6.08 Å². The highest BCUT2D eigenvalue weighted by atomic mass is 16.3. The topological polar surface area (TPSA) is 85.8 Å². The van der Waals surface area contributed by atoms with Gasteiger partial charge in [-0.25, -0.2) is 0 Å². The molecule has 1 aliphatic rings. The molecule has 6 heteroatoms. The van der Waals surface area contributed by atoms with Crippen LogP contribution in [0.25, 0.3) is 0 Å². The van der Waals surface area contributed by atoms with E-state index in [0.717, 1.165) is 26.2 Å². The van der Waals surface area contributed by atoms with Gasteiger partial charge in [-0.2, -0.15) is 0 Å². The van der Waals surface area contributed by atoms with Crippen molar-refractivity contribution in [2.75, 3.05) is 39.3 Å². The van der Waals surface area contributed by atoms with Gasteiger partial charge in [0.15, 0.2) is 0 Å². The second-order valence-corrected chi connectivity index (χ2v) is 4.35. The SMILES string of the molecule is CCNCCN=C1C=C(NCCNCC)C(O)=CC1=O. The smallest absolute Gasteiger partial charge is 0.207 e. The Labute approximate surface area is 120 Å². The number of aliphatic imine (C=N–C) groups is 1. The predicted octanol–water partition coefficient (Wildman–Crippen LogP) is 0.145. The molecule has 0 spiro atoms. The standard InChI is InChI=1S/C14H24N4O2/c1-3-15-5-7-17-11-9-12(14(20)10-13(11)19)18-8-6-16-4-2/h9-10,15-17,19H,3-8H2,1-2H3. The number of ketones is 1. The summed E-state index contributed by atoms with van der Waals surface area (Å²) in [6.07, 6.45) is 2.82. The Balaban J connectivity index is 2.57. The first-order valence-corrected chi connectivity index (χ1v) is 7.05. The van der Waals surface area contributed by atoms with Crippen LogP contribution >= 0.6 is 0 Å². The molecule has 0 atom stereocenters. The summed E-state index contributed by atoms with van der Waals surface area (Å²) in [4.78, 5) is 16.0. The molecule has 1 aliphatic carbocycles. The maximum absolute atomic E-state index is 11.7. The Kier molecular flexibility index (Phi) is 7.60. The van der Waals surface area contributed by atoms with Crippen LogP contribution < -0.4 is 16.0 Å². The molecule has 0 heterocycles. The minimum atomic E-state index is -0.253. The predicted molar refractivity (Wildman–Crippen MR) is 81.2 cm³/mol. The molecular weight excluding hydrogens is 256 g/mol. The summed E-state index contributed by atoms with van der Waals surface area (Å²) in [6.45, 7) is 8.59. The molecule has 112 valence electrons. The number of allylic oxidation sites excluding steroid dienone is 2. The number of rotatable bonds is 9. The zero-order valence-corrected chi connectivity index (χ0v) is 12.2. The van der Waals surface area contributed by atoms with E-state index in [0.29, 0.717) is 24.5 Å². The second-order valence-electron chi connectivity index (χ2n) is 4.35. The van der Waals surface area contributed by atoms with Crippen molar-refractivity contribution in [2.24, 2.45) is 4.99 Å². The average Bonchev–Trinajstić information content (AvgIpc) is 2.43. The fourth-order valence-electron chi connectivity index (χ4n) is 1.72. The highest BCUT2D eigenvalue weighted by Crippen LogP contribution is 2.10. The molecule has 0 saturated carbocycles. The maximum Gasteiger partial charge on any atom is 0.207 e. The van der Waals surface area contributed by atoms with E-state index in [4.69, 9.17) is 0 Å². The van der Waals surface area contributed by atoms with Crippen molar-refractivity contribution in [3.63, 3.8) is 0 Å². The van der Waals surface area contributed by atoms with Gasteiger partial charge in [0.25, 0.3) is 0 Å². The highest BCUT2D eigenvalue weighted by molar-refractivity contribution is 6.49. The van der Waals surface area contributed by atoms with Crippen LogP contribution in [0, 0.1) is 0 Å². The zero-order chi connectivity index (χ0) is 14.8. The molecule has 0 aromatic heterocycles. The molecule has 0 radical (unpaired) electrons. The number of hydrogen-bond acceptors (Lipinski definition) is 6. The molecule has 0 fully saturated rings. The Morgan fingerprint density at radius 2 is 1.80 bits per heavy atom. The van der Waals surface area contributed by atoms with Crippen LogP contribution in [0.2, 0.25) is 0 Å². The summed E-state index contributed by atoms with van der Waals surface area (Å²) in [5.41, 5.74) is 0.927. The number of nitrogens with zero attached hydrogens (tertiary/aromatic N) is 1. The molecule has 0 unspecified atom stereocenters. The van der Waals surface area contributed by atoms with Gasteiger partial charge in [-0.3, -0.25) is 9.79 Å². The van der Waals surface area contributed by atoms with Crippen molar-refractivity contribution >= 4 is 11.5 Å². The number of hydrogen-bond donors (Lipinski definition) is 4. The van der Waals surface area contributed by atoms with Crippen LogP contribution in [-0.2, 0) is 4.79 Å². The molecule has 6 nitrogen and oxygen atoms in total. The molecule has 0 aromatic rings. The second kappa shape index (κ2) is 9.28. The molecule has 0 amide bonds. The first-order valence-electron chi connectivity index (χ1n) is 7.05. The van der Waals surface area contributed by atoms with Crippen molar-refractivity contribution in [1.82, 2.24) is 16.0 Å². The minimum absolute atomic E-state index is 0.0304. The normalized spacial score (nSPS) is 17.1. The third kappa shape index (κ3) is 5.54. The summed E-state index contributed by atoms with van der Waals surface area (Å²) >= 11 is 0. The van der Waals surface area contributed by atoms with E-state index in [1.54, 1.807) is 6.08 Å². The molecule has 20 heavy (non-hydrogen) atoms. The summed E-state index contributed by atoms with van der Waals surface area (Å²) in [5.74, 6) is -0.284. The van der Waals surface area contributed by atoms with Gasteiger partial charge in [0, 0.05) is 25.7 Å². The largest absolute Gasteiger partial charge is 0.506 e. The fraction of sp³-hybridized carbons (Fsp3) is 0.571. The molecule has 0 aromatic carbocycles. The van der Waals surface area contributed by atoms with Gasteiger partial charge in [0.2, 0.25) is 5.78 Å². The number of carbonyl (C=O) groups is 1. The summed E-state index contributed by atoms with van der Waals surface area (Å²) in [5, 5.41) is 19.2. The first kappa shape index (κ1) is 16.4. The van der Waals surface area contributed by atoms with Crippen LogP contribution in [0.15, 0.2) is 28.6 Å². The van der Waals surface area contributed by atoms with Gasteiger partial charge in [-0.1, -0.05) is 13.8 Å². The summed E-state index contributed by atoms with van der Waals surface area (Å²) < 4.78 is 0. The Morgan fingerprint density at radius 3 is 2.50 bits per heavy atom. The van der Waals surface area contributed by atoms with Crippen LogP contribution in [0.1, 0.15) is 13.8 Å². The molecule has 0 aliphatic heterocycles. The van der Waals surface area contributed by atoms with Gasteiger partial charge in [-0.05, 0) is 19.2 Å². The zero-order valence-electron chi connectivity index (χ0n) is 12.2. The number of aliphatic hydroxyl groups excluding tert-OH is 1. The summed E-state index contributed by atoms with van der Waals surface area (Å²) in [6, 6.07) is 0. The van der Waals surface area contributed by atoms with E-state index in [-0.39, 0.29) is 11.5 Å². The molecule has 1 rings (SSSR count). The van der Waals surface area contributed by atoms with E-state index in [2.05, 4.69) is 20.9 Å². The quantitative estimate of drug-likeness (QED) is 0.357. The van der Waals surface area contributed by atoms with Gasteiger partial charge in [-0.15, -0.1) is 0 Å². The van der Waals surface area contributed by atoms with Crippen LogP contribution in [0.5, 0.6) is 0 Å². The van der Waals surface area contributed by atoms with Crippen LogP contribution in [0.3, 0.4) is 0 Å². The van der Waals surface area contributed by atoms with Crippen molar-refractivity contribution in [3.8, 4) is 0 Å². The molecule has 4 N–H and O–H groups in total. The average molecular weight is 280 g/mol. The van der Waals surface area contributed by atoms with E-state index in [1.807, 2.05) is 13.8 Å². The van der Waals surface area contributed by atoms with Crippen molar-refractivity contribution < 1.29 is 9.90 Å². The highest BCUT2D eigenvalue weighted by Gasteiger charge is 2.17. The molecule has 0 bridgehead atoms. The van der Waals surface area contributed by atoms with Gasteiger partial charge < -0.3 is 21.1 Å². The third-order valence-electron chi connectivity index (χ3n) is 2.77. The Hall–Kier alpha value is -1.66. The minimum Gasteiger partial charge on any atom is -0.506 e. The fourth-order valence-corrected chi connectivity index (χ4v) is 1.72. The number of carbonyl (C=O) groups excluding carboxylic acids is 1. The van der Waals surface area contributed by atoms with Crippen molar-refractivity contribution in [2.45, 2.75) is 13.8 Å². The van der Waals surface area contributed by atoms with Crippen molar-refractivity contribution in [3.05, 3.63) is 23.6 Å². The number of nitrogens with one attached hydrogen (secondary N) is 3.